The van der Waals surface area contributed by atoms with Crippen LogP contribution in [0.25, 0.3) is 0 Å². The number of hydrogen-bond acceptors (Lipinski definition) is 2. The van der Waals surface area contributed by atoms with Crippen LogP contribution in [-0.2, 0) is 4.79 Å². The van der Waals surface area contributed by atoms with Gasteiger partial charge in [-0.2, -0.15) is 0 Å². The molecule has 2 aromatic carbocycles. The third-order valence-electron chi connectivity index (χ3n) is 3.91. The predicted octanol–water partition coefficient (Wildman–Crippen LogP) is 2.67. The molecule has 1 aliphatic rings. The lowest BCUT2D eigenvalue weighted by molar-refractivity contribution is -0.117. The van der Waals surface area contributed by atoms with E-state index in [1.54, 1.807) is 29.2 Å². The van der Waals surface area contributed by atoms with Crippen LogP contribution in [0.2, 0.25) is 0 Å². The summed E-state index contributed by atoms with van der Waals surface area (Å²) in [5.74, 6) is -0.612. The maximum absolute atomic E-state index is 13.0. The minimum absolute atomic E-state index is 0.0779. The van der Waals surface area contributed by atoms with Gasteiger partial charge in [0.2, 0.25) is 5.91 Å². The van der Waals surface area contributed by atoms with Gasteiger partial charge in [-0.15, -0.1) is 0 Å². The molecule has 1 aliphatic heterocycles. The fourth-order valence-corrected chi connectivity index (χ4v) is 2.65. The first kappa shape index (κ1) is 15.2. The molecule has 1 heterocycles. The highest BCUT2D eigenvalue weighted by Gasteiger charge is 2.31. The first-order chi connectivity index (χ1) is 11.0. The minimum Gasteiger partial charge on any atom is -0.347 e. The number of anilines is 1. The maximum Gasteiger partial charge on any atom is 0.251 e. The Labute approximate surface area is 133 Å². The summed E-state index contributed by atoms with van der Waals surface area (Å²) in [5, 5.41) is 2.88. The maximum atomic E-state index is 13.0. The van der Waals surface area contributed by atoms with Crippen LogP contribution in [0.3, 0.4) is 0 Å². The Kier molecular flexibility index (Phi) is 4.10. The van der Waals surface area contributed by atoms with Crippen molar-refractivity contribution in [2.24, 2.45) is 0 Å². The molecular formula is C18H17FN2O2. The number of rotatable bonds is 3. The van der Waals surface area contributed by atoms with E-state index in [0.29, 0.717) is 17.8 Å². The smallest absolute Gasteiger partial charge is 0.251 e. The molecule has 0 spiro atoms. The number of carbonyl (C=O) groups is 2. The Morgan fingerprint density at radius 3 is 2.43 bits per heavy atom. The van der Waals surface area contributed by atoms with E-state index in [9.17, 15) is 14.0 Å². The highest BCUT2D eigenvalue weighted by molar-refractivity contribution is 5.98. The topological polar surface area (TPSA) is 49.4 Å². The molecule has 2 amide bonds. The SMILES string of the molecule is Cc1ccc(C(=O)NC2CC(=O)N(c3ccc(F)cc3)C2)cc1. The van der Waals surface area contributed by atoms with Crippen LogP contribution in [0.15, 0.2) is 48.5 Å². The number of halogens is 1. The Bertz CT molecular complexity index is 726. The van der Waals surface area contributed by atoms with Gasteiger partial charge in [0.1, 0.15) is 5.82 Å². The van der Waals surface area contributed by atoms with Crippen molar-refractivity contribution >= 4 is 17.5 Å². The lowest BCUT2D eigenvalue weighted by Crippen LogP contribution is -2.37. The molecule has 2 aromatic rings. The summed E-state index contributed by atoms with van der Waals surface area (Å²) in [4.78, 5) is 25.9. The number of aryl methyl sites for hydroxylation is 1. The fraction of sp³-hybridized carbons (Fsp3) is 0.222. The van der Waals surface area contributed by atoms with Crippen LogP contribution in [0.1, 0.15) is 22.3 Å². The van der Waals surface area contributed by atoms with Crippen LogP contribution in [0.5, 0.6) is 0 Å². The molecule has 1 saturated heterocycles. The quantitative estimate of drug-likeness (QED) is 0.947. The van der Waals surface area contributed by atoms with Gasteiger partial charge < -0.3 is 10.2 Å². The largest absolute Gasteiger partial charge is 0.347 e. The number of hydrogen-bond donors (Lipinski definition) is 1. The highest BCUT2D eigenvalue weighted by Crippen LogP contribution is 2.22. The van der Waals surface area contributed by atoms with Crippen molar-refractivity contribution in [3.05, 3.63) is 65.5 Å². The fourth-order valence-electron chi connectivity index (χ4n) is 2.65. The van der Waals surface area contributed by atoms with Crippen molar-refractivity contribution in [3.63, 3.8) is 0 Å². The third kappa shape index (κ3) is 3.39. The predicted molar refractivity (Wildman–Crippen MR) is 85.8 cm³/mol. The average Bonchev–Trinajstić information content (AvgIpc) is 2.89. The molecule has 3 rings (SSSR count). The van der Waals surface area contributed by atoms with Gasteiger partial charge in [-0.3, -0.25) is 9.59 Å². The number of nitrogens with zero attached hydrogens (tertiary/aromatic N) is 1. The second-order valence-corrected chi connectivity index (χ2v) is 5.72. The second kappa shape index (κ2) is 6.20. The number of benzene rings is 2. The first-order valence-electron chi connectivity index (χ1n) is 7.46. The zero-order chi connectivity index (χ0) is 16.4. The van der Waals surface area contributed by atoms with Crippen LogP contribution in [0.4, 0.5) is 10.1 Å². The summed E-state index contributed by atoms with van der Waals surface area (Å²) in [5.41, 5.74) is 2.30. The monoisotopic (exact) mass is 312 g/mol. The van der Waals surface area contributed by atoms with Crippen LogP contribution in [0, 0.1) is 12.7 Å². The Morgan fingerprint density at radius 1 is 1.13 bits per heavy atom. The van der Waals surface area contributed by atoms with Crippen molar-refractivity contribution < 1.29 is 14.0 Å². The summed E-state index contributed by atoms with van der Waals surface area (Å²) in [6.07, 6.45) is 0.245. The van der Waals surface area contributed by atoms with Gasteiger partial charge in [0.15, 0.2) is 0 Å². The summed E-state index contributed by atoms with van der Waals surface area (Å²) in [7, 11) is 0. The van der Waals surface area contributed by atoms with Crippen LogP contribution in [-0.4, -0.2) is 24.4 Å². The number of carbonyl (C=O) groups excluding carboxylic acids is 2. The van der Waals surface area contributed by atoms with E-state index in [1.165, 1.54) is 12.1 Å². The van der Waals surface area contributed by atoms with E-state index in [1.807, 2.05) is 19.1 Å². The van der Waals surface area contributed by atoms with E-state index in [4.69, 9.17) is 0 Å². The Morgan fingerprint density at radius 2 is 1.78 bits per heavy atom. The Balaban J connectivity index is 1.66. The van der Waals surface area contributed by atoms with Crippen molar-refractivity contribution in [1.29, 1.82) is 0 Å². The van der Waals surface area contributed by atoms with Gasteiger partial charge in [0.25, 0.3) is 5.91 Å². The van der Waals surface area contributed by atoms with E-state index in [-0.39, 0.29) is 30.1 Å². The van der Waals surface area contributed by atoms with Crippen LogP contribution < -0.4 is 10.2 Å². The molecule has 1 atom stereocenters. The van der Waals surface area contributed by atoms with E-state index < -0.39 is 0 Å². The molecule has 0 aromatic heterocycles. The normalized spacial score (nSPS) is 17.4. The van der Waals surface area contributed by atoms with Gasteiger partial charge in [-0.1, -0.05) is 17.7 Å². The van der Waals surface area contributed by atoms with Gasteiger partial charge in [-0.05, 0) is 43.3 Å². The van der Waals surface area contributed by atoms with E-state index >= 15 is 0 Å². The molecule has 1 unspecified atom stereocenters. The second-order valence-electron chi connectivity index (χ2n) is 5.72. The molecule has 0 bridgehead atoms. The minimum atomic E-state index is -0.343. The van der Waals surface area contributed by atoms with Gasteiger partial charge in [0.05, 0.1) is 6.04 Å². The molecule has 5 heteroatoms. The number of amides is 2. The van der Waals surface area contributed by atoms with Crippen molar-refractivity contribution in [2.75, 3.05) is 11.4 Å². The summed E-state index contributed by atoms with van der Waals surface area (Å²) < 4.78 is 13.0. The highest BCUT2D eigenvalue weighted by atomic mass is 19.1. The van der Waals surface area contributed by atoms with Crippen molar-refractivity contribution in [3.8, 4) is 0 Å². The number of nitrogens with one attached hydrogen (secondary N) is 1. The first-order valence-corrected chi connectivity index (χ1v) is 7.46. The summed E-state index contributed by atoms with van der Waals surface area (Å²) in [6.45, 7) is 2.35. The standard InChI is InChI=1S/C18H17FN2O2/c1-12-2-4-13(5-3-12)18(23)20-15-10-17(22)21(11-15)16-8-6-14(19)7-9-16/h2-9,15H,10-11H2,1H3,(H,20,23). The van der Waals surface area contributed by atoms with Crippen molar-refractivity contribution in [1.82, 2.24) is 5.32 Å². The van der Waals surface area contributed by atoms with Crippen molar-refractivity contribution in [2.45, 2.75) is 19.4 Å². The molecule has 4 nitrogen and oxygen atoms in total. The summed E-state index contributed by atoms with van der Waals surface area (Å²) in [6, 6.07) is 12.8. The zero-order valence-corrected chi connectivity index (χ0v) is 12.8. The zero-order valence-electron chi connectivity index (χ0n) is 12.8. The van der Waals surface area contributed by atoms with Gasteiger partial charge in [-0.25, -0.2) is 4.39 Å². The average molecular weight is 312 g/mol. The van der Waals surface area contributed by atoms with Crippen LogP contribution >= 0.6 is 0 Å². The Hall–Kier alpha value is -2.69. The third-order valence-corrected chi connectivity index (χ3v) is 3.91. The lowest BCUT2D eigenvalue weighted by Gasteiger charge is -2.17. The lowest BCUT2D eigenvalue weighted by atomic mass is 10.1. The van der Waals surface area contributed by atoms with E-state index in [0.717, 1.165) is 5.56 Å². The molecule has 1 fully saturated rings. The molecular weight excluding hydrogens is 295 g/mol. The molecule has 0 radical (unpaired) electrons. The molecule has 0 saturated carbocycles. The molecule has 118 valence electrons. The van der Waals surface area contributed by atoms with Gasteiger partial charge >= 0.3 is 0 Å². The summed E-state index contributed by atoms with van der Waals surface area (Å²) >= 11 is 0. The molecule has 0 aliphatic carbocycles. The molecule has 23 heavy (non-hydrogen) atoms. The van der Waals surface area contributed by atoms with E-state index in [2.05, 4.69) is 5.32 Å². The molecule has 1 N–H and O–H groups in total. The van der Waals surface area contributed by atoms with Gasteiger partial charge in [0, 0.05) is 24.2 Å².